The Kier molecular flexibility index (Phi) is 4.34. The van der Waals surface area contributed by atoms with Gasteiger partial charge >= 0.3 is 0 Å². The van der Waals surface area contributed by atoms with Crippen LogP contribution in [-0.2, 0) is 6.54 Å². The predicted molar refractivity (Wildman–Crippen MR) is 73.7 cm³/mol. The van der Waals surface area contributed by atoms with Crippen LogP contribution in [0, 0.1) is 0 Å². The van der Waals surface area contributed by atoms with Gasteiger partial charge in [-0.25, -0.2) is 0 Å². The molecule has 0 radical (unpaired) electrons. The Morgan fingerprint density at radius 1 is 0.941 bits per heavy atom. The van der Waals surface area contributed by atoms with E-state index in [-0.39, 0.29) is 0 Å². The zero-order valence-corrected chi connectivity index (χ0v) is 10.3. The summed E-state index contributed by atoms with van der Waals surface area (Å²) in [7, 11) is 0. The first-order valence-electron chi connectivity index (χ1n) is 6.20. The molecule has 0 saturated carbocycles. The monoisotopic (exact) mass is 225 g/mol. The third-order valence-corrected chi connectivity index (χ3v) is 3.01. The molecule has 0 fully saturated rings. The Balaban J connectivity index is 2.06. The van der Waals surface area contributed by atoms with E-state index < -0.39 is 0 Å². The molecule has 0 heterocycles. The fraction of sp³-hybridized carbons (Fsp3) is 0.250. The molecule has 1 aromatic rings. The third-order valence-electron chi connectivity index (χ3n) is 3.01. The summed E-state index contributed by atoms with van der Waals surface area (Å²) in [6.45, 7) is 4.26. The maximum atomic E-state index is 2.45. The topological polar surface area (TPSA) is 3.24 Å². The summed E-state index contributed by atoms with van der Waals surface area (Å²) in [4.78, 5) is 2.45. The highest BCUT2D eigenvalue weighted by atomic mass is 15.1. The molecule has 17 heavy (non-hydrogen) atoms. The molecule has 0 aliphatic heterocycles. The van der Waals surface area contributed by atoms with E-state index in [9.17, 15) is 0 Å². The lowest BCUT2D eigenvalue weighted by molar-refractivity contribution is 0.264. The van der Waals surface area contributed by atoms with Crippen molar-refractivity contribution in [1.29, 1.82) is 0 Å². The second-order valence-corrected chi connectivity index (χ2v) is 4.19. The highest BCUT2D eigenvalue weighted by Gasteiger charge is 2.11. The van der Waals surface area contributed by atoms with Crippen molar-refractivity contribution in [2.45, 2.75) is 19.5 Å². The molecule has 1 aromatic carbocycles. The van der Waals surface area contributed by atoms with E-state index in [1.54, 1.807) is 0 Å². The molecule has 0 aromatic heterocycles. The van der Waals surface area contributed by atoms with E-state index in [0.717, 1.165) is 13.1 Å². The van der Waals surface area contributed by atoms with Gasteiger partial charge in [-0.2, -0.15) is 0 Å². The molecule has 0 N–H and O–H groups in total. The lowest BCUT2D eigenvalue weighted by atomic mass is 10.1. The number of benzene rings is 1. The van der Waals surface area contributed by atoms with Gasteiger partial charge in [-0.3, -0.25) is 4.90 Å². The third kappa shape index (κ3) is 3.43. The zero-order chi connectivity index (χ0) is 11.9. The molecule has 0 spiro atoms. The van der Waals surface area contributed by atoms with Crippen LogP contribution in [0.15, 0.2) is 66.8 Å². The summed E-state index contributed by atoms with van der Waals surface area (Å²) >= 11 is 0. The van der Waals surface area contributed by atoms with Crippen molar-refractivity contribution in [1.82, 2.24) is 4.90 Å². The van der Waals surface area contributed by atoms with E-state index in [1.807, 2.05) is 0 Å². The van der Waals surface area contributed by atoms with Crippen LogP contribution < -0.4 is 0 Å². The molecule has 0 amide bonds. The van der Waals surface area contributed by atoms with Gasteiger partial charge in [0.2, 0.25) is 0 Å². The smallest absolute Gasteiger partial charge is 0.0471 e. The summed E-state index contributed by atoms with van der Waals surface area (Å²) in [6, 6.07) is 11.0. The zero-order valence-electron chi connectivity index (χ0n) is 10.3. The van der Waals surface area contributed by atoms with Crippen molar-refractivity contribution >= 4 is 0 Å². The molecule has 1 aliphatic carbocycles. The van der Waals surface area contributed by atoms with Crippen molar-refractivity contribution in [3.63, 3.8) is 0 Å². The quantitative estimate of drug-likeness (QED) is 0.757. The fourth-order valence-corrected chi connectivity index (χ4v) is 2.04. The molecule has 0 bridgehead atoms. The van der Waals surface area contributed by atoms with Crippen LogP contribution in [0.5, 0.6) is 0 Å². The van der Waals surface area contributed by atoms with Crippen molar-refractivity contribution in [3.05, 3.63) is 72.4 Å². The lowest BCUT2D eigenvalue weighted by Crippen LogP contribution is -2.31. The number of allylic oxidation sites excluding steroid dienone is 4. The average Bonchev–Trinajstić information content (AvgIpc) is 2.66. The molecule has 2 rings (SSSR count). The minimum atomic E-state index is 0.398. The maximum Gasteiger partial charge on any atom is 0.0471 e. The number of likely N-dealkylation sites (N-methyl/N-ethyl adjacent to an activating group) is 1. The fourth-order valence-electron chi connectivity index (χ4n) is 2.04. The van der Waals surface area contributed by atoms with Gasteiger partial charge in [0.05, 0.1) is 0 Å². The van der Waals surface area contributed by atoms with Gasteiger partial charge in [-0.1, -0.05) is 73.7 Å². The van der Waals surface area contributed by atoms with Crippen LogP contribution in [-0.4, -0.2) is 17.5 Å². The lowest BCUT2D eigenvalue weighted by Gasteiger charge is -2.26. The van der Waals surface area contributed by atoms with E-state index in [4.69, 9.17) is 0 Å². The van der Waals surface area contributed by atoms with Crippen molar-refractivity contribution in [2.24, 2.45) is 0 Å². The van der Waals surface area contributed by atoms with E-state index in [2.05, 4.69) is 78.6 Å². The van der Waals surface area contributed by atoms with Gasteiger partial charge in [0, 0.05) is 12.6 Å². The summed E-state index contributed by atoms with van der Waals surface area (Å²) in [5, 5.41) is 0. The summed E-state index contributed by atoms with van der Waals surface area (Å²) < 4.78 is 0. The molecule has 0 unspecified atom stereocenters. The first-order valence-corrected chi connectivity index (χ1v) is 6.20. The van der Waals surface area contributed by atoms with Gasteiger partial charge in [0.15, 0.2) is 0 Å². The Labute approximate surface area is 104 Å². The summed E-state index contributed by atoms with van der Waals surface area (Å²) in [5.41, 5.74) is 1.37. The molecule has 1 nitrogen and oxygen atoms in total. The molecule has 1 aliphatic rings. The first kappa shape index (κ1) is 11.9. The Morgan fingerprint density at radius 2 is 1.59 bits per heavy atom. The van der Waals surface area contributed by atoms with Gasteiger partial charge in [0.25, 0.3) is 0 Å². The van der Waals surface area contributed by atoms with Gasteiger partial charge < -0.3 is 0 Å². The van der Waals surface area contributed by atoms with Gasteiger partial charge in [0.1, 0.15) is 0 Å². The second kappa shape index (κ2) is 6.21. The minimum Gasteiger partial charge on any atom is -0.289 e. The van der Waals surface area contributed by atoms with Crippen molar-refractivity contribution in [3.8, 4) is 0 Å². The van der Waals surface area contributed by atoms with Gasteiger partial charge in [-0.15, -0.1) is 0 Å². The maximum absolute atomic E-state index is 2.45. The molecular formula is C16H19N. The number of nitrogens with zero attached hydrogens (tertiary/aromatic N) is 1. The van der Waals surface area contributed by atoms with Crippen LogP contribution in [0.25, 0.3) is 0 Å². The highest BCUT2D eigenvalue weighted by molar-refractivity contribution is 5.23. The number of hydrogen-bond donors (Lipinski definition) is 0. The van der Waals surface area contributed by atoms with Crippen LogP contribution in [0.4, 0.5) is 0 Å². The van der Waals surface area contributed by atoms with Crippen molar-refractivity contribution < 1.29 is 0 Å². The van der Waals surface area contributed by atoms with Crippen LogP contribution in [0.2, 0.25) is 0 Å². The molecule has 88 valence electrons. The summed E-state index contributed by atoms with van der Waals surface area (Å²) in [6.07, 6.45) is 12.9. The number of rotatable bonds is 4. The average molecular weight is 225 g/mol. The SMILES string of the molecule is CCN(Cc1ccccc1)C1C=CC=CC=C1. The van der Waals surface area contributed by atoms with Crippen molar-refractivity contribution in [2.75, 3.05) is 6.54 Å². The van der Waals surface area contributed by atoms with Crippen LogP contribution >= 0.6 is 0 Å². The van der Waals surface area contributed by atoms with Gasteiger partial charge in [-0.05, 0) is 12.1 Å². The predicted octanol–water partition coefficient (Wildman–Crippen LogP) is 3.56. The van der Waals surface area contributed by atoms with E-state index >= 15 is 0 Å². The molecule has 0 atom stereocenters. The molecule has 0 saturated heterocycles. The van der Waals surface area contributed by atoms with Crippen LogP contribution in [0.3, 0.4) is 0 Å². The highest BCUT2D eigenvalue weighted by Crippen LogP contribution is 2.11. The van der Waals surface area contributed by atoms with E-state index in [0.29, 0.717) is 6.04 Å². The standard InChI is InChI=1S/C16H19N/c1-2-17(14-15-10-6-5-7-11-15)16-12-8-3-4-9-13-16/h3-13,16H,2,14H2,1H3. The minimum absolute atomic E-state index is 0.398. The normalized spacial score (nSPS) is 15.4. The van der Waals surface area contributed by atoms with E-state index in [1.165, 1.54) is 5.56 Å². The largest absolute Gasteiger partial charge is 0.289 e. The Morgan fingerprint density at radius 3 is 2.18 bits per heavy atom. The second-order valence-electron chi connectivity index (χ2n) is 4.19. The molecular weight excluding hydrogens is 206 g/mol. The van der Waals surface area contributed by atoms with Crippen LogP contribution in [0.1, 0.15) is 12.5 Å². The summed E-state index contributed by atoms with van der Waals surface area (Å²) in [5.74, 6) is 0. The number of hydrogen-bond acceptors (Lipinski definition) is 1. The first-order chi connectivity index (χ1) is 8.40. The Bertz CT molecular complexity index is 398. The Hall–Kier alpha value is -1.60. The molecule has 1 heteroatoms.